The first-order valence-corrected chi connectivity index (χ1v) is 5.35. The van der Waals surface area contributed by atoms with Crippen LogP contribution in [-0.2, 0) is 6.42 Å². The van der Waals surface area contributed by atoms with Gasteiger partial charge in [-0.25, -0.2) is 0 Å². The van der Waals surface area contributed by atoms with E-state index < -0.39 is 0 Å². The average Bonchev–Trinajstić information content (AvgIpc) is 2.85. The van der Waals surface area contributed by atoms with E-state index in [-0.39, 0.29) is 0 Å². The van der Waals surface area contributed by atoms with Crippen LogP contribution in [0, 0.1) is 5.92 Å². The molecule has 1 unspecified atom stereocenters. The molecule has 0 bridgehead atoms. The highest BCUT2D eigenvalue weighted by Gasteiger charge is 2.39. The van der Waals surface area contributed by atoms with Gasteiger partial charge in [0.15, 0.2) is 0 Å². The largest absolute Gasteiger partial charge is 0.493 e. The van der Waals surface area contributed by atoms with Gasteiger partial charge in [-0.05, 0) is 36.4 Å². The van der Waals surface area contributed by atoms with E-state index in [0.29, 0.717) is 0 Å². The van der Waals surface area contributed by atoms with Crippen molar-refractivity contribution < 1.29 is 4.74 Å². The van der Waals surface area contributed by atoms with Gasteiger partial charge in [0.05, 0.1) is 6.61 Å². The number of ether oxygens (including phenoxy) is 1. The highest BCUT2D eigenvalue weighted by atomic mass is 16.5. The van der Waals surface area contributed by atoms with Crippen molar-refractivity contribution in [2.45, 2.75) is 18.8 Å². The quantitative estimate of drug-likeness (QED) is 0.768. The highest BCUT2D eigenvalue weighted by molar-refractivity contribution is 5.46. The highest BCUT2D eigenvalue weighted by Crippen LogP contribution is 2.49. The molecule has 14 heavy (non-hydrogen) atoms. The molecule has 2 N–H and O–H groups in total. The summed E-state index contributed by atoms with van der Waals surface area (Å²) >= 11 is 0. The molecule has 3 rings (SSSR count). The molecule has 0 radical (unpaired) electrons. The van der Waals surface area contributed by atoms with E-state index in [9.17, 15) is 0 Å². The maximum Gasteiger partial charge on any atom is 0.122 e. The average molecular weight is 189 g/mol. The van der Waals surface area contributed by atoms with Crippen molar-refractivity contribution in [3.8, 4) is 5.75 Å². The predicted molar refractivity (Wildman–Crippen MR) is 55.5 cm³/mol. The molecule has 1 heterocycles. The smallest absolute Gasteiger partial charge is 0.122 e. The van der Waals surface area contributed by atoms with Crippen molar-refractivity contribution in [2.24, 2.45) is 11.7 Å². The lowest BCUT2D eigenvalue weighted by atomic mass is 10.00. The second-order valence-electron chi connectivity index (χ2n) is 4.26. The van der Waals surface area contributed by atoms with Gasteiger partial charge in [-0.2, -0.15) is 0 Å². The molecule has 1 fully saturated rings. The number of nitrogens with two attached hydrogens (primary N) is 1. The topological polar surface area (TPSA) is 35.2 Å². The molecule has 2 atom stereocenters. The fourth-order valence-corrected chi connectivity index (χ4v) is 2.48. The molecule has 0 saturated heterocycles. The summed E-state index contributed by atoms with van der Waals surface area (Å²) in [5.74, 6) is 2.55. The molecule has 0 aromatic heterocycles. The third-order valence-corrected chi connectivity index (χ3v) is 3.40. The summed E-state index contributed by atoms with van der Waals surface area (Å²) in [7, 11) is 0. The molecule has 2 aliphatic rings. The molecule has 1 aromatic carbocycles. The van der Waals surface area contributed by atoms with E-state index in [1.807, 2.05) is 0 Å². The normalized spacial score (nSPS) is 28.4. The molecule has 1 aliphatic heterocycles. The third kappa shape index (κ3) is 1.14. The maximum atomic E-state index is 5.68. The predicted octanol–water partition coefficient (Wildman–Crippen LogP) is 1.68. The third-order valence-electron chi connectivity index (χ3n) is 3.40. The van der Waals surface area contributed by atoms with Crippen LogP contribution < -0.4 is 10.5 Å². The summed E-state index contributed by atoms with van der Waals surface area (Å²) in [6, 6.07) is 6.42. The molecular formula is C12H15NO. The van der Waals surface area contributed by atoms with E-state index in [1.54, 1.807) is 0 Å². The SMILES string of the molecule is NC[C@H]1CC1c1cccc2c1CCO2. The van der Waals surface area contributed by atoms with Gasteiger partial charge in [-0.3, -0.25) is 0 Å². The lowest BCUT2D eigenvalue weighted by Crippen LogP contribution is -2.02. The zero-order valence-electron chi connectivity index (χ0n) is 8.20. The van der Waals surface area contributed by atoms with Crippen LogP contribution in [0.3, 0.4) is 0 Å². The Kier molecular flexibility index (Phi) is 1.77. The molecule has 1 aliphatic carbocycles. The van der Waals surface area contributed by atoms with Crippen molar-refractivity contribution in [1.29, 1.82) is 0 Å². The fourth-order valence-electron chi connectivity index (χ4n) is 2.48. The summed E-state index contributed by atoms with van der Waals surface area (Å²) in [5, 5.41) is 0. The molecule has 74 valence electrons. The zero-order chi connectivity index (χ0) is 9.54. The minimum absolute atomic E-state index is 0.719. The van der Waals surface area contributed by atoms with Crippen LogP contribution in [0.15, 0.2) is 18.2 Å². The number of hydrogen-bond donors (Lipinski definition) is 1. The van der Waals surface area contributed by atoms with E-state index in [4.69, 9.17) is 10.5 Å². The molecule has 0 spiro atoms. The van der Waals surface area contributed by atoms with Gasteiger partial charge in [0.2, 0.25) is 0 Å². The lowest BCUT2D eigenvalue weighted by Gasteiger charge is -2.05. The van der Waals surface area contributed by atoms with E-state index in [1.165, 1.54) is 17.5 Å². The summed E-state index contributed by atoms with van der Waals surface area (Å²) in [4.78, 5) is 0. The minimum atomic E-state index is 0.719. The second kappa shape index (κ2) is 2.99. The fraction of sp³-hybridized carbons (Fsp3) is 0.500. The summed E-state index contributed by atoms with van der Waals surface area (Å²) < 4.78 is 5.55. The van der Waals surface area contributed by atoms with Crippen molar-refractivity contribution in [2.75, 3.05) is 13.2 Å². The monoisotopic (exact) mass is 189 g/mol. The Labute approximate surface area is 84.1 Å². The van der Waals surface area contributed by atoms with Gasteiger partial charge in [0, 0.05) is 12.0 Å². The summed E-state index contributed by atoms with van der Waals surface area (Å²) in [6.07, 6.45) is 2.35. The van der Waals surface area contributed by atoms with Crippen molar-refractivity contribution in [1.82, 2.24) is 0 Å². The Morgan fingerprint density at radius 2 is 2.36 bits per heavy atom. The Hall–Kier alpha value is -1.02. The molecular weight excluding hydrogens is 174 g/mol. The van der Waals surface area contributed by atoms with Crippen molar-refractivity contribution in [3.63, 3.8) is 0 Å². The minimum Gasteiger partial charge on any atom is -0.493 e. The second-order valence-corrected chi connectivity index (χ2v) is 4.26. The molecule has 2 heteroatoms. The standard InChI is InChI=1S/C12H15NO/c13-7-8-6-11(8)9-2-1-3-12-10(9)4-5-14-12/h1-3,8,11H,4-7,13H2/t8-,11?/m1/s1. The Balaban J connectivity index is 1.95. The Morgan fingerprint density at radius 1 is 1.43 bits per heavy atom. The summed E-state index contributed by atoms with van der Waals surface area (Å²) in [5.41, 5.74) is 8.61. The van der Waals surface area contributed by atoms with Crippen LogP contribution in [0.25, 0.3) is 0 Å². The number of rotatable bonds is 2. The van der Waals surface area contributed by atoms with E-state index in [0.717, 1.165) is 37.2 Å². The number of fused-ring (bicyclic) bond motifs is 1. The van der Waals surface area contributed by atoms with E-state index in [2.05, 4.69) is 18.2 Å². The summed E-state index contributed by atoms with van der Waals surface area (Å²) in [6.45, 7) is 1.68. The van der Waals surface area contributed by atoms with Crippen molar-refractivity contribution >= 4 is 0 Å². The first kappa shape index (κ1) is 8.30. The van der Waals surface area contributed by atoms with Crippen LogP contribution in [0.5, 0.6) is 5.75 Å². The van der Waals surface area contributed by atoms with Crippen LogP contribution in [-0.4, -0.2) is 13.2 Å². The molecule has 1 aromatic rings. The van der Waals surface area contributed by atoms with Crippen LogP contribution in [0.1, 0.15) is 23.5 Å². The van der Waals surface area contributed by atoms with Gasteiger partial charge in [0.1, 0.15) is 5.75 Å². The lowest BCUT2D eigenvalue weighted by molar-refractivity contribution is 0.357. The van der Waals surface area contributed by atoms with Crippen LogP contribution >= 0.6 is 0 Å². The maximum absolute atomic E-state index is 5.68. The van der Waals surface area contributed by atoms with Gasteiger partial charge in [-0.1, -0.05) is 12.1 Å². The van der Waals surface area contributed by atoms with Crippen molar-refractivity contribution in [3.05, 3.63) is 29.3 Å². The first-order valence-electron chi connectivity index (χ1n) is 5.35. The van der Waals surface area contributed by atoms with Gasteiger partial charge in [-0.15, -0.1) is 0 Å². The van der Waals surface area contributed by atoms with Gasteiger partial charge < -0.3 is 10.5 Å². The van der Waals surface area contributed by atoms with Crippen LogP contribution in [0.2, 0.25) is 0 Å². The molecule has 2 nitrogen and oxygen atoms in total. The molecule has 1 saturated carbocycles. The van der Waals surface area contributed by atoms with Crippen LogP contribution in [0.4, 0.5) is 0 Å². The number of benzene rings is 1. The molecule has 0 amide bonds. The van der Waals surface area contributed by atoms with E-state index >= 15 is 0 Å². The first-order chi connectivity index (χ1) is 6.90. The van der Waals surface area contributed by atoms with Gasteiger partial charge in [0.25, 0.3) is 0 Å². The number of hydrogen-bond acceptors (Lipinski definition) is 2. The Bertz CT molecular complexity index is 361. The van der Waals surface area contributed by atoms with Gasteiger partial charge >= 0.3 is 0 Å². The Morgan fingerprint density at radius 3 is 3.14 bits per heavy atom. The zero-order valence-corrected chi connectivity index (χ0v) is 8.20.